The summed E-state index contributed by atoms with van der Waals surface area (Å²) >= 11 is 0. The average molecular weight is 471 g/mol. The van der Waals surface area contributed by atoms with E-state index < -0.39 is 10.0 Å². The molecule has 2 aliphatic rings. The van der Waals surface area contributed by atoms with Crippen LogP contribution in [0, 0.1) is 6.92 Å². The first-order chi connectivity index (χ1) is 15.9. The van der Waals surface area contributed by atoms with Crippen molar-refractivity contribution >= 4 is 10.0 Å². The normalized spacial score (nSPS) is 18.7. The van der Waals surface area contributed by atoms with Gasteiger partial charge in [-0.05, 0) is 100 Å². The van der Waals surface area contributed by atoms with Crippen molar-refractivity contribution in [3.05, 3.63) is 53.6 Å². The first-order valence-electron chi connectivity index (χ1n) is 12.2. The van der Waals surface area contributed by atoms with Crippen molar-refractivity contribution < 1.29 is 8.42 Å². The Hall–Kier alpha value is -1.77. The predicted molar refractivity (Wildman–Crippen MR) is 135 cm³/mol. The number of aryl methyl sites for hydroxylation is 1. The molecule has 0 amide bonds. The molecule has 2 aliphatic heterocycles. The first-order valence-corrected chi connectivity index (χ1v) is 13.7. The van der Waals surface area contributed by atoms with E-state index in [-0.39, 0.29) is 0 Å². The Morgan fingerprint density at radius 1 is 0.970 bits per heavy atom. The van der Waals surface area contributed by atoms with Gasteiger partial charge in [0.2, 0.25) is 10.0 Å². The maximum Gasteiger partial charge on any atom is 0.240 e. The molecule has 0 radical (unpaired) electrons. The van der Waals surface area contributed by atoms with Gasteiger partial charge in [-0.25, -0.2) is 13.1 Å². The van der Waals surface area contributed by atoms with E-state index in [0.29, 0.717) is 17.5 Å². The lowest BCUT2D eigenvalue weighted by Gasteiger charge is -2.29. The molecule has 2 fully saturated rings. The lowest BCUT2D eigenvalue weighted by atomic mass is 10.0. The fraction of sp³-hybridized carbons (Fsp3) is 0.538. The molecule has 2 aromatic carbocycles. The Morgan fingerprint density at radius 3 is 2.42 bits per heavy atom. The summed E-state index contributed by atoms with van der Waals surface area (Å²) in [6.45, 7) is 8.41. The molecule has 0 aromatic heterocycles. The number of nitrogens with zero attached hydrogens (tertiary/aromatic N) is 2. The van der Waals surface area contributed by atoms with Gasteiger partial charge in [0.05, 0.1) is 4.90 Å². The highest BCUT2D eigenvalue weighted by Crippen LogP contribution is 2.25. The number of hydrogen-bond acceptors (Lipinski definition) is 5. The SMILES string of the molecule is Cc1cc(-c2cccc(CNC3CCN(C)CC3)c2)ccc1S(=O)(=O)NCCN1CCCC1. The van der Waals surface area contributed by atoms with Gasteiger partial charge in [0.25, 0.3) is 0 Å². The Bertz CT molecular complexity index is 1030. The van der Waals surface area contributed by atoms with Crippen LogP contribution in [0.15, 0.2) is 47.4 Å². The second-order valence-electron chi connectivity index (χ2n) is 9.59. The highest BCUT2D eigenvalue weighted by molar-refractivity contribution is 7.89. The molecule has 7 heteroatoms. The van der Waals surface area contributed by atoms with Crippen LogP contribution in [-0.2, 0) is 16.6 Å². The summed E-state index contributed by atoms with van der Waals surface area (Å²) in [5.41, 5.74) is 4.19. The topological polar surface area (TPSA) is 64.7 Å². The van der Waals surface area contributed by atoms with E-state index in [9.17, 15) is 8.42 Å². The summed E-state index contributed by atoms with van der Waals surface area (Å²) in [7, 11) is -1.32. The average Bonchev–Trinajstić information content (AvgIpc) is 3.32. The molecule has 0 bridgehead atoms. The van der Waals surface area contributed by atoms with Gasteiger partial charge >= 0.3 is 0 Å². The Balaban J connectivity index is 1.38. The van der Waals surface area contributed by atoms with Gasteiger partial charge in [-0.15, -0.1) is 0 Å². The zero-order valence-electron chi connectivity index (χ0n) is 20.0. The van der Waals surface area contributed by atoms with Gasteiger partial charge in [-0.1, -0.05) is 30.3 Å². The van der Waals surface area contributed by atoms with Crippen LogP contribution >= 0.6 is 0 Å². The Labute approximate surface area is 199 Å². The highest BCUT2D eigenvalue weighted by Gasteiger charge is 2.19. The van der Waals surface area contributed by atoms with Crippen LogP contribution in [0.3, 0.4) is 0 Å². The summed E-state index contributed by atoms with van der Waals surface area (Å²) in [6, 6.07) is 14.8. The van der Waals surface area contributed by atoms with E-state index in [1.54, 1.807) is 6.07 Å². The monoisotopic (exact) mass is 470 g/mol. The largest absolute Gasteiger partial charge is 0.310 e. The molecule has 4 rings (SSSR count). The lowest BCUT2D eigenvalue weighted by Crippen LogP contribution is -2.40. The quantitative estimate of drug-likeness (QED) is 0.589. The van der Waals surface area contributed by atoms with Crippen LogP contribution < -0.4 is 10.0 Å². The molecule has 2 N–H and O–H groups in total. The molecule has 0 aliphatic carbocycles. The van der Waals surface area contributed by atoms with E-state index in [2.05, 4.69) is 51.2 Å². The molecular weight excluding hydrogens is 432 g/mol. The lowest BCUT2D eigenvalue weighted by molar-refractivity contribution is 0.234. The summed E-state index contributed by atoms with van der Waals surface area (Å²) < 4.78 is 28.5. The summed E-state index contributed by atoms with van der Waals surface area (Å²) in [5.74, 6) is 0. The third-order valence-corrected chi connectivity index (χ3v) is 8.58. The molecule has 0 saturated carbocycles. The van der Waals surface area contributed by atoms with Crippen molar-refractivity contribution in [1.82, 2.24) is 19.8 Å². The predicted octanol–water partition coefficient (Wildman–Crippen LogP) is 3.22. The van der Waals surface area contributed by atoms with Crippen LogP contribution in [0.2, 0.25) is 0 Å². The minimum absolute atomic E-state index is 0.368. The van der Waals surface area contributed by atoms with E-state index in [0.717, 1.165) is 56.0 Å². The Kier molecular flexibility index (Phi) is 8.20. The number of piperidine rings is 1. The van der Waals surface area contributed by atoms with Gasteiger partial charge in [0.15, 0.2) is 0 Å². The number of rotatable bonds is 9. The van der Waals surface area contributed by atoms with Crippen LogP contribution in [0.4, 0.5) is 0 Å². The molecule has 2 aromatic rings. The van der Waals surface area contributed by atoms with Crippen LogP contribution in [0.1, 0.15) is 36.8 Å². The second-order valence-corrected chi connectivity index (χ2v) is 11.3. The van der Waals surface area contributed by atoms with Gasteiger partial charge in [0, 0.05) is 25.7 Å². The van der Waals surface area contributed by atoms with Crippen molar-refractivity contribution in [3.8, 4) is 11.1 Å². The number of benzene rings is 2. The van der Waals surface area contributed by atoms with Gasteiger partial charge in [-0.2, -0.15) is 0 Å². The molecular formula is C26H38N4O2S. The minimum atomic E-state index is -3.50. The van der Waals surface area contributed by atoms with Crippen molar-refractivity contribution in [2.75, 3.05) is 46.3 Å². The molecule has 6 nitrogen and oxygen atoms in total. The van der Waals surface area contributed by atoms with Gasteiger partial charge in [-0.3, -0.25) is 0 Å². The van der Waals surface area contributed by atoms with Gasteiger partial charge < -0.3 is 15.1 Å². The first kappa shape index (κ1) is 24.4. The Morgan fingerprint density at radius 2 is 1.70 bits per heavy atom. The number of likely N-dealkylation sites (tertiary alicyclic amines) is 2. The fourth-order valence-corrected chi connectivity index (χ4v) is 6.13. The number of nitrogens with one attached hydrogen (secondary N) is 2. The maximum absolute atomic E-state index is 12.8. The molecule has 2 saturated heterocycles. The van der Waals surface area contributed by atoms with E-state index in [4.69, 9.17) is 0 Å². The number of sulfonamides is 1. The zero-order chi connectivity index (χ0) is 23.3. The van der Waals surface area contributed by atoms with Crippen LogP contribution in [-0.4, -0.2) is 70.6 Å². The third kappa shape index (κ3) is 6.64. The fourth-order valence-electron chi connectivity index (χ4n) is 4.89. The zero-order valence-corrected chi connectivity index (χ0v) is 20.8. The molecule has 0 spiro atoms. The number of hydrogen-bond donors (Lipinski definition) is 2. The molecule has 0 unspecified atom stereocenters. The second kappa shape index (κ2) is 11.1. The van der Waals surface area contributed by atoms with Crippen LogP contribution in [0.5, 0.6) is 0 Å². The van der Waals surface area contributed by atoms with E-state index >= 15 is 0 Å². The van der Waals surface area contributed by atoms with Crippen LogP contribution in [0.25, 0.3) is 11.1 Å². The molecule has 33 heavy (non-hydrogen) atoms. The smallest absolute Gasteiger partial charge is 0.240 e. The molecule has 2 heterocycles. The minimum Gasteiger partial charge on any atom is -0.310 e. The summed E-state index contributed by atoms with van der Waals surface area (Å²) in [6.07, 6.45) is 4.81. The summed E-state index contributed by atoms with van der Waals surface area (Å²) in [5, 5.41) is 3.70. The maximum atomic E-state index is 12.8. The van der Waals surface area contributed by atoms with Crippen molar-refractivity contribution in [3.63, 3.8) is 0 Å². The van der Waals surface area contributed by atoms with Crippen molar-refractivity contribution in [1.29, 1.82) is 0 Å². The molecule has 0 atom stereocenters. The van der Waals surface area contributed by atoms with Crippen molar-refractivity contribution in [2.24, 2.45) is 0 Å². The molecule has 180 valence electrons. The van der Waals surface area contributed by atoms with E-state index in [1.165, 1.54) is 31.2 Å². The van der Waals surface area contributed by atoms with E-state index in [1.807, 2.05) is 19.1 Å². The van der Waals surface area contributed by atoms with Gasteiger partial charge in [0.1, 0.15) is 0 Å². The third-order valence-electron chi connectivity index (χ3n) is 6.96. The standard InChI is InChI=1S/C26H38N4O2S/c1-21-18-24(8-9-26(21)33(31,32)28-12-17-30-13-3-4-14-30)23-7-5-6-22(19-23)20-27-25-10-15-29(2)16-11-25/h5-9,18-19,25,27-28H,3-4,10-17,20H2,1-2H3. The highest BCUT2D eigenvalue weighted by atomic mass is 32.2. The van der Waals surface area contributed by atoms with Crippen molar-refractivity contribution in [2.45, 2.75) is 50.1 Å². The summed E-state index contributed by atoms with van der Waals surface area (Å²) in [4.78, 5) is 5.06.